The van der Waals surface area contributed by atoms with Crippen molar-refractivity contribution in [2.75, 3.05) is 11.5 Å². The van der Waals surface area contributed by atoms with Crippen LogP contribution in [0, 0.1) is 55.1 Å². The van der Waals surface area contributed by atoms with Gasteiger partial charge < -0.3 is 11.5 Å². The molecule has 0 aromatic heterocycles. The molecule has 38 rings (SSSR count). The van der Waals surface area contributed by atoms with E-state index in [0.29, 0.717) is 44.8 Å². The number of nitro groups is 2. The van der Waals surface area contributed by atoms with Crippen LogP contribution in [0.25, 0.3) is 111 Å². The molecule has 10 aromatic rings. The summed E-state index contributed by atoms with van der Waals surface area (Å²) in [5, 5.41) is 25.1. The van der Waals surface area contributed by atoms with Crippen LogP contribution in [-0.4, -0.2) is 9.85 Å². The molecule has 0 atom stereocenters. The minimum absolute atomic E-state index is 0.0152. The number of nitrogens with two attached hydrogens (primary N) is 2. The molecule has 10 aromatic carbocycles. The maximum absolute atomic E-state index is 15.9. The first-order chi connectivity index (χ1) is 35.6. The number of anilines is 2. The van der Waals surface area contributed by atoms with E-state index in [2.05, 4.69) is 0 Å². The lowest BCUT2D eigenvalue weighted by molar-refractivity contribution is -0.388. The fourth-order valence-electron chi connectivity index (χ4n) is 9.61. The van der Waals surface area contributed by atoms with Crippen molar-refractivity contribution in [3.05, 3.63) is 237 Å². The molecule has 4 N–H and O–H groups in total. The molecule has 0 radical (unpaired) electrons. The van der Waals surface area contributed by atoms with Gasteiger partial charge in [0.25, 0.3) is 11.4 Å². The smallest absolute Gasteiger partial charge is 0.278 e. The van der Waals surface area contributed by atoms with Gasteiger partial charge in [0.05, 0.1) is 32.1 Å². The highest BCUT2D eigenvalue weighted by Gasteiger charge is 2.29. The molecule has 0 amide bonds. The van der Waals surface area contributed by atoms with Crippen molar-refractivity contribution in [2.24, 2.45) is 0 Å². The number of nitrogen functional groups attached to an aromatic ring is 2. The van der Waals surface area contributed by atoms with E-state index in [9.17, 15) is 20.2 Å². The van der Waals surface area contributed by atoms with Gasteiger partial charge in [0.15, 0.2) is 34.9 Å². The van der Waals surface area contributed by atoms with Crippen LogP contribution in [0.15, 0.2) is 182 Å². The van der Waals surface area contributed by atoms with E-state index >= 15 is 26.3 Å². The van der Waals surface area contributed by atoms with Crippen molar-refractivity contribution in [1.82, 2.24) is 0 Å². The summed E-state index contributed by atoms with van der Waals surface area (Å²) >= 11 is 0. The topological polar surface area (TPSA) is 138 Å². The molecule has 28 aliphatic carbocycles. The Morgan fingerprint density at radius 2 is 0.486 bits per heavy atom. The van der Waals surface area contributed by atoms with Crippen LogP contribution in [0.4, 0.5) is 49.1 Å². The van der Waals surface area contributed by atoms with Crippen molar-refractivity contribution in [2.45, 2.75) is 0 Å². The second-order valence-electron chi connectivity index (χ2n) is 17.7. The summed E-state index contributed by atoms with van der Waals surface area (Å²) in [7, 11) is 0. The van der Waals surface area contributed by atoms with E-state index < -0.39 is 67.3 Å². The highest BCUT2D eigenvalue weighted by molar-refractivity contribution is 5.91. The van der Waals surface area contributed by atoms with E-state index in [1.54, 1.807) is 48.5 Å². The molecule has 0 unspecified atom stereocenters. The second-order valence-corrected chi connectivity index (χ2v) is 17.7. The van der Waals surface area contributed by atoms with Gasteiger partial charge in [0, 0.05) is 45.8 Å². The SMILES string of the molecule is Nc1cc2c(N)cc1-c1ccc(cc1)-c1ccc(cc1)-c1ccc(c(F)c1F)-c1ccc(cc1)-c1cc([N+](=O)[O-])c(cc1[N+](=O)[O-])-c1ccc(cc1)-c1ccc(cc1)-c1c(F)c(F)c(c(F)c1F)-c1ccc-2cc1. The predicted octanol–water partition coefficient (Wildman–Crippen LogP) is 16.5. The van der Waals surface area contributed by atoms with Crippen LogP contribution in [0.2, 0.25) is 0 Å². The zero-order valence-electron chi connectivity index (χ0n) is 38.3. The predicted molar refractivity (Wildman–Crippen MR) is 276 cm³/mol. The lowest BCUT2D eigenvalue weighted by Crippen LogP contribution is -2.03. The fraction of sp³-hybridized carbons (Fsp3) is 0. The molecule has 0 fully saturated rings. The molecule has 14 heteroatoms. The first-order valence-corrected chi connectivity index (χ1v) is 22.8. The van der Waals surface area contributed by atoms with Gasteiger partial charge in [-0.3, -0.25) is 20.2 Å². The molecule has 0 aliphatic heterocycles. The van der Waals surface area contributed by atoms with Crippen molar-refractivity contribution in [3.63, 3.8) is 0 Å². The van der Waals surface area contributed by atoms with Crippen molar-refractivity contribution < 1.29 is 36.2 Å². The van der Waals surface area contributed by atoms with Crippen LogP contribution in [-0.2, 0) is 0 Å². The molecule has 0 saturated heterocycles. The maximum Gasteiger partial charge on any atom is 0.278 e. The van der Waals surface area contributed by atoms with Gasteiger partial charge in [-0.15, -0.1) is 0 Å². The van der Waals surface area contributed by atoms with Gasteiger partial charge in [-0.2, -0.15) is 0 Å². The third kappa shape index (κ3) is 7.94. The van der Waals surface area contributed by atoms with Gasteiger partial charge in [-0.25, -0.2) is 26.3 Å². The number of benzene rings is 10. The van der Waals surface area contributed by atoms with Crippen LogP contribution in [0.5, 0.6) is 0 Å². The van der Waals surface area contributed by atoms with Crippen LogP contribution in [0.3, 0.4) is 0 Å². The van der Waals surface area contributed by atoms with Crippen LogP contribution >= 0.6 is 0 Å². The third-order valence-electron chi connectivity index (χ3n) is 13.5. The Hall–Kier alpha value is -9.82. The van der Waals surface area contributed by atoms with Gasteiger partial charge in [-0.05, 0) is 78.9 Å². The first kappa shape index (κ1) is 46.6. The van der Waals surface area contributed by atoms with E-state index in [-0.39, 0.29) is 50.1 Å². The molecule has 0 spiro atoms. The minimum atomic E-state index is -1.61. The Bertz CT molecular complexity index is 3920. The average Bonchev–Trinajstić information content (AvgIpc) is 3.42. The quantitative estimate of drug-likeness (QED) is 0.0581. The molecule has 20 bridgehead atoms. The van der Waals surface area contributed by atoms with E-state index in [1.807, 2.05) is 24.3 Å². The monoisotopic (exact) mass is 988 g/mol. The van der Waals surface area contributed by atoms with Gasteiger partial charge in [-0.1, -0.05) is 158 Å². The Labute approximate surface area is 417 Å². The zero-order chi connectivity index (χ0) is 51.7. The van der Waals surface area contributed by atoms with Gasteiger partial charge in [0.2, 0.25) is 0 Å². The Morgan fingerprint density at radius 1 is 0.270 bits per heavy atom. The van der Waals surface area contributed by atoms with E-state index in [1.165, 1.54) is 97.1 Å². The molecular formula is C60H34F6N4O4. The van der Waals surface area contributed by atoms with Crippen molar-refractivity contribution in [1.29, 1.82) is 0 Å². The highest BCUT2D eigenvalue weighted by Crippen LogP contribution is 2.44. The maximum atomic E-state index is 15.9. The van der Waals surface area contributed by atoms with Gasteiger partial charge >= 0.3 is 0 Å². The van der Waals surface area contributed by atoms with Crippen LogP contribution in [0.1, 0.15) is 0 Å². The Kier molecular flexibility index (Phi) is 11.4. The summed E-state index contributed by atoms with van der Waals surface area (Å²) in [5.41, 5.74) is 16.6. The fourth-order valence-corrected chi connectivity index (χ4v) is 9.61. The standard InChI is InChI=1S/C60H34F6N4O4/c61-55-43-25-26-44(56(55)62)36-15-17-40(18-16-36)48-30-51(69(71)72)47(29-52(48)70(73)74)39-13-5-33(6-14-39)34-7-21-41(22-8-34)53-57(63)59(65)54(60(66)58(53)64)42-23-19-38(20-24-42)46-28-49(67)45(27-50(46)68)37-11-3-32(4-12-37)31-1-9-35(43)10-2-31/h1-30H,67-68H2. The second kappa shape index (κ2) is 18.1. The Morgan fingerprint density at radius 3 is 0.743 bits per heavy atom. The largest absolute Gasteiger partial charge is 0.398 e. The molecular weight excluding hydrogens is 955 g/mol. The van der Waals surface area contributed by atoms with Crippen molar-refractivity contribution in [3.8, 4) is 111 Å². The summed E-state index contributed by atoms with van der Waals surface area (Å²) < 4.78 is 95.4. The minimum Gasteiger partial charge on any atom is -0.398 e. The summed E-state index contributed by atoms with van der Waals surface area (Å²) in [6, 6.07) is 45.8. The lowest BCUT2D eigenvalue weighted by atomic mass is 9.92. The molecule has 74 heavy (non-hydrogen) atoms. The average molecular weight is 989 g/mol. The third-order valence-corrected chi connectivity index (χ3v) is 13.5. The number of rotatable bonds is 2. The zero-order valence-corrected chi connectivity index (χ0v) is 38.3. The number of hydrogen-bond acceptors (Lipinski definition) is 6. The lowest BCUT2D eigenvalue weighted by Gasteiger charge is -2.15. The number of hydrogen-bond donors (Lipinski definition) is 2. The number of halogens is 6. The van der Waals surface area contributed by atoms with Crippen LogP contribution < -0.4 is 11.5 Å². The molecule has 8 nitrogen and oxygen atoms in total. The molecule has 360 valence electrons. The van der Waals surface area contributed by atoms with E-state index in [0.717, 1.165) is 28.8 Å². The summed E-state index contributed by atoms with van der Waals surface area (Å²) in [5.74, 6) is -8.62. The van der Waals surface area contributed by atoms with Crippen molar-refractivity contribution >= 4 is 22.7 Å². The van der Waals surface area contributed by atoms with E-state index in [4.69, 9.17) is 11.5 Å². The number of nitrogens with zero attached hydrogens (tertiary/aromatic N) is 2. The summed E-state index contributed by atoms with van der Waals surface area (Å²) in [4.78, 5) is 23.7. The molecule has 0 saturated carbocycles. The summed E-state index contributed by atoms with van der Waals surface area (Å²) in [6.45, 7) is 0. The normalized spacial score (nSPS) is 11.4. The number of nitro benzene ring substituents is 2. The summed E-state index contributed by atoms with van der Waals surface area (Å²) in [6.07, 6.45) is 0. The highest BCUT2D eigenvalue weighted by atomic mass is 19.2. The molecule has 28 aliphatic rings. The Balaban J connectivity index is 1.01. The first-order valence-electron chi connectivity index (χ1n) is 22.8. The van der Waals surface area contributed by atoms with Gasteiger partial charge in [0.1, 0.15) is 0 Å². The molecule has 0 heterocycles.